The number of likely N-dealkylation sites (N-methyl/N-ethyl adjacent to an activating group) is 2. The van der Waals surface area contributed by atoms with Crippen LogP contribution in [0, 0.1) is 49.1 Å². The maximum absolute atomic E-state index is 15.0. The number of nitrogens with one attached hydrogen (secondary N) is 2. The van der Waals surface area contributed by atoms with Crippen LogP contribution in [0.5, 0.6) is 57.5 Å². The van der Waals surface area contributed by atoms with E-state index in [1.165, 1.54) is 37.4 Å². The number of aliphatic hydroxyl groups excluding tert-OH is 1. The van der Waals surface area contributed by atoms with E-state index in [0.717, 1.165) is 44.2 Å². The molecule has 16 atom stereocenters. The number of nitrogens with two attached hydrogens (primary N) is 2. The predicted molar refractivity (Wildman–Crippen MR) is 420 cm³/mol. The van der Waals surface area contributed by atoms with E-state index in [2.05, 4.69) is 37.5 Å². The molecule has 118 heavy (non-hydrogen) atoms. The Balaban J connectivity index is 0.000000161. The Bertz CT molecular complexity index is 5580. The monoisotopic (exact) mass is 1750 g/mol. The summed E-state index contributed by atoms with van der Waals surface area (Å²) in [7, 11) is 7.06. The Kier molecular flexibility index (Phi) is 20.8. The molecule has 4 fully saturated rings. The first kappa shape index (κ1) is 80.8. The summed E-state index contributed by atoms with van der Waals surface area (Å²) in [4.78, 5) is 72.8. The fourth-order valence-corrected chi connectivity index (χ4v) is 24.6. The van der Waals surface area contributed by atoms with Crippen molar-refractivity contribution in [3.8, 4) is 63.6 Å². The summed E-state index contributed by atoms with van der Waals surface area (Å²) in [5.74, 6) is 2.48. The molecule has 32 nitrogen and oxygen atoms in total. The molecule has 0 amide bonds. The topological polar surface area (TPSA) is 424 Å². The number of hydrogen-bond acceptors (Lipinski definition) is 32. The summed E-state index contributed by atoms with van der Waals surface area (Å²) >= 11 is 2.96. The van der Waals surface area contributed by atoms with Crippen LogP contribution < -0.4 is 60.0 Å². The molecule has 2 spiro atoms. The van der Waals surface area contributed by atoms with Crippen molar-refractivity contribution >= 4 is 69.3 Å². The number of aryl methyl sites for hydroxylation is 2. The van der Waals surface area contributed by atoms with Crippen LogP contribution in [0.2, 0.25) is 0 Å². The van der Waals surface area contributed by atoms with Crippen LogP contribution in [-0.4, -0.2) is 197 Å². The van der Waals surface area contributed by atoms with Gasteiger partial charge in [0.25, 0.3) is 5.09 Å². The van der Waals surface area contributed by atoms with Gasteiger partial charge in [-0.3, -0.25) is 39.8 Å². The van der Waals surface area contributed by atoms with Crippen molar-refractivity contribution in [2.75, 3.05) is 79.7 Å². The van der Waals surface area contributed by atoms with Crippen molar-refractivity contribution in [2.24, 2.45) is 11.5 Å². The van der Waals surface area contributed by atoms with Crippen molar-refractivity contribution in [1.29, 1.82) is 5.26 Å². The number of esters is 4. The molecule has 35 heteroatoms. The van der Waals surface area contributed by atoms with Crippen LogP contribution in [0.4, 0.5) is 0 Å². The van der Waals surface area contributed by atoms with Gasteiger partial charge < -0.3 is 88.2 Å². The summed E-state index contributed by atoms with van der Waals surface area (Å²) in [5.41, 5.74) is 21.7. The molecule has 14 aliphatic heterocycles. The van der Waals surface area contributed by atoms with E-state index in [1.807, 2.05) is 101 Å². The predicted octanol–water partition coefficient (Wildman–Crippen LogP) is 7.77. The number of methoxy groups -OCH3 is 2. The number of nitrogens with zero attached hydrogens (tertiary/aromatic N) is 6. The number of carbonyl (C=O) groups excluding carboxylic acids is 4. The molecule has 625 valence electrons. The van der Waals surface area contributed by atoms with E-state index in [0.29, 0.717) is 139 Å². The average molecular weight is 1750 g/mol. The van der Waals surface area contributed by atoms with E-state index < -0.39 is 99.1 Å². The largest absolute Gasteiger partial charge is 0.504 e. The normalized spacial score (nSPS) is 29.0. The van der Waals surface area contributed by atoms with Gasteiger partial charge in [-0.25, -0.2) is 9.59 Å². The molecule has 8 aromatic rings. The van der Waals surface area contributed by atoms with Gasteiger partial charge in [0.2, 0.25) is 13.6 Å². The molecule has 4 saturated heterocycles. The van der Waals surface area contributed by atoms with Crippen LogP contribution in [0.3, 0.4) is 0 Å². The van der Waals surface area contributed by atoms with Crippen LogP contribution in [0.1, 0.15) is 138 Å². The third kappa shape index (κ3) is 12.0. The second-order valence-electron chi connectivity index (χ2n) is 31.9. The number of rotatable bonds is 6. The number of thioether (sulfide) groups is 2. The number of benzene rings is 6. The third-order valence-corrected chi connectivity index (χ3v) is 28.8. The van der Waals surface area contributed by atoms with E-state index in [4.69, 9.17) is 83.0 Å². The van der Waals surface area contributed by atoms with Crippen LogP contribution in [0.25, 0.3) is 21.9 Å². The maximum Gasteiger partial charge on any atom is 0.335 e. The maximum atomic E-state index is 15.0. The molecule has 0 saturated carbocycles. The first-order valence-electron chi connectivity index (χ1n) is 38.8. The Morgan fingerprint density at radius 1 is 0.627 bits per heavy atom. The molecule has 2 aromatic heterocycles. The number of hydrogen-bond donors (Lipinski definition) is 8. The third-order valence-electron chi connectivity index (χ3n) is 25.9. The van der Waals surface area contributed by atoms with Crippen molar-refractivity contribution < 1.29 is 123 Å². The minimum Gasteiger partial charge on any atom is -0.504 e. The molecule has 16 heterocycles. The van der Waals surface area contributed by atoms with Crippen molar-refractivity contribution in [2.45, 2.75) is 161 Å². The second-order valence-corrected chi connectivity index (χ2v) is 34.2. The molecule has 0 aliphatic carbocycles. The Morgan fingerprint density at radius 3 is 1.46 bits per heavy atom. The zero-order chi connectivity index (χ0) is 82.2. The fraction of sp³-hybridized carbons (Fsp3) is 0.458. The first-order chi connectivity index (χ1) is 56.2. The number of furan rings is 2. The van der Waals surface area contributed by atoms with Crippen molar-refractivity contribution in [3.63, 3.8) is 0 Å². The zero-order valence-corrected chi connectivity index (χ0v) is 69.1. The van der Waals surface area contributed by atoms with E-state index >= 15 is 4.79 Å². The molecule has 6 aromatic carbocycles. The molecule has 10 N–H and O–H groups in total. The zero-order valence-electron chi connectivity index (χ0n) is 65.9. The van der Waals surface area contributed by atoms with Gasteiger partial charge in [0, 0.05) is 157 Å². The smallest absolute Gasteiger partial charge is 0.335 e. The van der Waals surface area contributed by atoms with Gasteiger partial charge in [0.15, 0.2) is 57.1 Å². The summed E-state index contributed by atoms with van der Waals surface area (Å²) < 4.78 is 74.6. The number of carbonyl (C=O) groups is 4. The minimum absolute atomic E-state index is 0. The van der Waals surface area contributed by atoms with Gasteiger partial charge in [-0.05, 0) is 102 Å². The van der Waals surface area contributed by atoms with E-state index in [9.17, 15) is 35.0 Å². The molecule has 8 bridgehead atoms. The standard InChI is InChI=1S/C42H43N5O9S.C41H44N4O10S.Ag.HNO3/c1-18-10-21-11-25-26(14-44)47-27-15-52-41(50)42(40-24(12-22(13-43)45-42)23-8-6-7-9-28(23)56-40)16-57-39(33(47)32(46(25)4)29(21)34(49)35(18)51-5)31-30(27)38-37(53-17-54-38)19(2)36(31)55-20(3)48;1-17-10-20-11-24-39(48)45-25-14-51-40(49)41(38-23(12-21(13-42)43-41)22-8-6-7-9-26(22)55-38)15-56-37(31(45)30(44(24)4)27(20)32(47)33(17)50-5)29-28(25)36-35(52-16-53-36)18(2)34(29)54-19(3)46;;2-1(3)4/h6-10,22,25-27,32-33,39,45,49H,11-13,15-17,43H2,1-5H3;6-10,21,24-25,30-31,37,39,43,47-48H,11-16,42H2,1-5H3;;(H,2,3,4)/t22-,25-,26-,27-,32+,33+,39+,42+;21-,24-,25-,30+,31+,37+,39-,41+;;/m00../s1. The minimum atomic E-state index is -1.50. The number of ether oxygens (including phenoxy) is 10. The van der Waals surface area contributed by atoms with Gasteiger partial charge in [0.05, 0.1) is 61.0 Å². The van der Waals surface area contributed by atoms with Gasteiger partial charge in [0.1, 0.15) is 59.7 Å². The number of piperazine rings is 2. The average Bonchev–Trinajstić information content (AvgIpc) is 0.817. The van der Waals surface area contributed by atoms with Crippen LogP contribution >= 0.6 is 23.5 Å². The fourth-order valence-electron chi connectivity index (χ4n) is 21.3. The SMILES string of the molecule is COc1c(C)cc2c(c1O)[C@@H]1[C@@H]3[C@@H]4SC[C@]5(N[C@H](CN)Cc6c5oc5ccccc65)C(=O)OC[C@@H](c5c6c(c(C)c(OC(C)=O)c54)OCO6)N3[C@@H](C#N)[C@H](C2)N1C.COc1c(C)cc2c(c1O)[C@@H]1[C@@H]3[C@@H]4SC[C@]5(N[C@H](CN)Cc6c5oc5ccccc65)C(=O)OC[C@@H](c5c6c(c(C)c(OC(C)=O)c54)OCO6)N3[C@@H](O)[C@H](C2)N1C.O=[N+]([O-])O.[Ag]. The number of para-hydroxylation sites is 2. The quantitative estimate of drug-likeness (QED) is 0.0259. The summed E-state index contributed by atoms with van der Waals surface area (Å²) in [5, 5.41) is 69.5. The summed E-state index contributed by atoms with van der Waals surface area (Å²) in [6, 6.07) is 16.7. The first-order valence-corrected chi connectivity index (χ1v) is 40.9. The van der Waals surface area contributed by atoms with E-state index in [-0.39, 0.29) is 109 Å². The number of aromatic hydroxyl groups is 2. The van der Waals surface area contributed by atoms with Gasteiger partial charge in [-0.1, -0.05) is 48.5 Å². The number of phenols is 2. The molecule has 14 aliphatic rings. The molecule has 1 radical (unpaired) electrons. The second kappa shape index (κ2) is 30.3. The Morgan fingerprint density at radius 2 is 1.03 bits per heavy atom. The van der Waals surface area contributed by atoms with Gasteiger partial charge in [-0.15, -0.1) is 33.6 Å². The number of aliphatic hydroxyl groups is 1. The number of fused-ring (bicyclic) bond motifs is 22. The van der Waals surface area contributed by atoms with Crippen LogP contribution in [0.15, 0.2) is 69.5 Å². The number of nitriles is 1. The van der Waals surface area contributed by atoms with Gasteiger partial charge in [-0.2, -0.15) is 5.26 Å². The Labute approximate surface area is 700 Å². The summed E-state index contributed by atoms with van der Waals surface area (Å²) in [6.45, 7) is 10.2. The van der Waals surface area contributed by atoms with Gasteiger partial charge >= 0.3 is 23.9 Å². The number of phenolic OH excluding ortho intramolecular Hbond substituents is 2. The Hall–Kier alpha value is -9.55. The molecule has 0 unspecified atom stereocenters. The molecule has 22 rings (SSSR count). The van der Waals surface area contributed by atoms with Crippen molar-refractivity contribution in [3.05, 3.63) is 160 Å². The summed E-state index contributed by atoms with van der Waals surface area (Å²) in [6.07, 6.45) is 1.02. The molecular formula is C83H88AgN10O22S2. The van der Waals surface area contributed by atoms with E-state index in [1.54, 1.807) is 14.2 Å². The molecular weight excluding hydrogens is 1660 g/mol. The van der Waals surface area contributed by atoms with Crippen molar-refractivity contribution in [1.82, 2.24) is 30.2 Å². The van der Waals surface area contributed by atoms with Crippen LogP contribution in [-0.2, 0) is 87.8 Å².